The molecule has 15 heavy (non-hydrogen) atoms. The van der Waals surface area contributed by atoms with Crippen molar-refractivity contribution in [2.75, 3.05) is 13.2 Å². The molecule has 0 saturated carbocycles. The number of hydrogen-bond donors (Lipinski definition) is 2. The van der Waals surface area contributed by atoms with E-state index < -0.39 is 12.9 Å². The standard InChI is InChI=1S/C8H9BClFO4/c10-7-3-6(4-8(11)5-7)9(13)15-14-2-1-12/h3-5,12-13H,1-2H2. The Hall–Kier alpha value is -0.655. The molecule has 0 aliphatic heterocycles. The molecular formula is C8H9BClFO4. The van der Waals surface area contributed by atoms with Crippen LogP contribution >= 0.6 is 11.6 Å². The summed E-state index contributed by atoms with van der Waals surface area (Å²) in [6.45, 7) is -0.323. The van der Waals surface area contributed by atoms with Crippen LogP contribution in [0.1, 0.15) is 0 Å². The summed E-state index contributed by atoms with van der Waals surface area (Å²) in [5.74, 6) is -0.581. The number of benzene rings is 1. The van der Waals surface area contributed by atoms with E-state index in [9.17, 15) is 9.41 Å². The van der Waals surface area contributed by atoms with Crippen LogP contribution in [-0.4, -0.2) is 30.5 Å². The number of rotatable bonds is 5. The van der Waals surface area contributed by atoms with Gasteiger partial charge in [-0.1, -0.05) is 11.6 Å². The first-order valence-corrected chi connectivity index (χ1v) is 4.54. The Bertz CT molecular complexity index is 305. The van der Waals surface area contributed by atoms with Crippen LogP contribution in [0.15, 0.2) is 18.2 Å². The minimum Gasteiger partial charge on any atom is -0.422 e. The first kappa shape index (κ1) is 12.4. The van der Waals surface area contributed by atoms with Crippen LogP contribution in [0.4, 0.5) is 4.39 Å². The maximum Gasteiger partial charge on any atom is 0.523 e. The first-order chi connectivity index (χ1) is 7.13. The highest BCUT2D eigenvalue weighted by atomic mass is 35.5. The molecule has 0 bridgehead atoms. The Morgan fingerprint density at radius 1 is 1.40 bits per heavy atom. The topological polar surface area (TPSA) is 58.9 Å². The molecule has 1 aromatic rings. The normalized spacial score (nSPS) is 10.4. The summed E-state index contributed by atoms with van der Waals surface area (Å²) in [6, 6.07) is 3.52. The molecular weight excluding hydrogens is 225 g/mol. The van der Waals surface area contributed by atoms with E-state index in [0.717, 1.165) is 12.1 Å². The minimum absolute atomic E-state index is 0.0832. The fraction of sp³-hybridized carbons (Fsp3) is 0.250. The molecule has 0 fully saturated rings. The minimum atomic E-state index is -1.44. The molecule has 0 aliphatic carbocycles. The molecule has 0 heterocycles. The largest absolute Gasteiger partial charge is 0.523 e. The van der Waals surface area contributed by atoms with E-state index in [0.29, 0.717) is 0 Å². The fourth-order valence-corrected chi connectivity index (χ4v) is 1.15. The van der Waals surface area contributed by atoms with Crippen LogP contribution in [0, 0.1) is 5.82 Å². The molecule has 1 aromatic carbocycles. The number of aliphatic hydroxyl groups is 1. The molecule has 4 nitrogen and oxygen atoms in total. The van der Waals surface area contributed by atoms with E-state index in [1.165, 1.54) is 6.07 Å². The van der Waals surface area contributed by atoms with Gasteiger partial charge in [0, 0.05) is 5.02 Å². The lowest BCUT2D eigenvalue weighted by molar-refractivity contribution is -0.225. The summed E-state index contributed by atoms with van der Waals surface area (Å²) in [7, 11) is -1.44. The third-order valence-corrected chi connectivity index (χ3v) is 1.72. The van der Waals surface area contributed by atoms with Crippen molar-refractivity contribution < 1.29 is 24.2 Å². The van der Waals surface area contributed by atoms with Crippen molar-refractivity contribution in [2.45, 2.75) is 0 Å². The Morgan fingerprint density at radius 2 is 2.13 bits per heavy atom. The molecule has 0 radical (unpaired) electrons. The second kappa shape index (κ2) is 6.04. The van der Waals surface area contributed by atoms with Gasteiger partial charge in [0.25, 0.3) is 0 Å². The zero-order chi connectivity index (χ0) is 11.3. The van der Waals surface area contributed by atoms with E-state index in [2.05, 4.69) is 9.69 Å². The van der Waals surface area contributed by atoms with Gasteiger partial charge >= 0.3 is 7.12 Å². The lowest BCUT2D eigenvalue weighted by atomic mass is 9.80. The van der Waals surface area contributed by atoms with Gasteiger partial charge in [0.15, 0.2) is 0 Å². The second-order valence-corrected chi connectivity index (χ2v) is 3.13. The van der Waals surface area contributed by atoms with Crippen molar-refractivity contribution in [1.29, 1.82) is 0 Å². The summed E-state index contributed by atoms with van der Waals surface area (Å²) in [4.78, 5) is 8.86. The zero-order valence-electron chi connectivity index (χ0n) is 7.69. The Balaban J connectivity index is 2.60. The van der Waals surface area contributed by atoms with Gasteiger partial charge in [-0.25, -0.2) is 9.28 Å². The Labute approximate surface area is 91.3 Å². The van der Waals surface area contributed by atoms with Crippen LogP contribution in [0.5, 0.6) is 0 Å². The van der Waals surface area contributed by atoms with E-state index in [1.54, 1.807) is 0 Å². The van der Waals surface area contributed by atoms with Gasteiger partial charge in [-0.2, -0.15) is 0 Å². The third-order valence-electron chi connectivity index (χ3n) is 1.50. The van der Waals surface area contributed by atoms with Gasteiger partial charge in [-0.05, 0) is 23.7 Å². The van der Waals surface area contributed by atoms with Crippen molar-refractivity contribution in [1.82, 2.24) is 0 Å². The van der Waals surface area contributed by atoms with Crippen molar-refractivity contribution in [2.24, 2.45) is 0 Å². The molecule has 0 saturated heterocycles. The maximum atomic E-state index is 12.8. The van der Waals surface area contributed by atoms with E-state index in [1.807, 2.05) is 0 Å². The third kappa shape index (κ3) is 4.15. The summed E-state index contributed by atoms with van der Waals surface area (Å²) < 4.78 is 12.8. The maximum absolute atomic E-state index is 12.8. The van der Waals surface area contributed by atoms with Crippen LogP contribution in [0.3, 0.4) is 0 Å². The fourth-order valence-electron chi connectivity index (χ4n) is 0.923. The molecule has 0 amide bonds. The van der Waals surface area contributed by atoms with Gasteiger partial charge in [-0.3, -0.25) is 4.81 Å². The van der Waals surface area contributed by atoms with Gasteiger partial charge in [0.2, 0.25) is 0 Å². The Morgan fingerprint density at radius 3 is 2.73 bits per heavy atom. The average Bonchev–Trinajstić information content (AvgIpc) is 2.16. The van der Waals surface area contributed by atoms with Crippen LogP contribution in [0.25, 0.3) is 0 Å². The molecule has 7 heteroatoms. The quantitative estimate of drug-likeness (QED) is 0.328. The molecule has 0 atom stereocenters. The monoisotopic (exact) mass is 234 g/mol. The van der Waals surface area contributed by atoms with Crippen LogP contribution < -0.4 is 5.46 Å². The molecule has 0 aliphatic rings. The van der Waals surface area contributed by atoms with E-state index in [-0.39, 0.29) is 23.7 Å². The van der Waals surface area contributed by atoms with Crippen molar-refractivity contribution in [3.05, 3.63) is 29.0 Å². The summed E-state index contributed by atoms with van der Waals surface area (Å²) >= 11 is 5.57. The highest BCUT2D eigenvalue weighted by Crippen LogP contribution is 2.08. The molecule has 0 spiro atoms. The van der Waals surface area contributed by atoms with Crippen LogP contribution in [-0.2, 0) is 9.69 Å². The summed E-state index contributed by atoms with van der Waals surface area (Å²) in [5.41, 5.74) is 0.137. The van der Waals surface area contributed by atoms with E-state index >= 15 is 0 Å². The SMILES string of the molecule is OCCOOB(O)c1cc(F)cc(Cl)c1. The highest BCUT2D eigenvalue weighted by Gasteiger charge is 2.19. The van der Waals surface area contributed by atoms with Gasteiger partial charge in [-0.15, -0.1) is 0 Å². The van der Waals surface area contributed by atoms with Gasteiger partial charge in [0.05, 0.1) is 6.61 Å². The predicted octanol–water partition coefficient (Wildman–Crippen LogP) is 0.107. The smallest absolute Gasteiger partial charge is 0.422 e. The van der Waals surface area contributed by atoms with Crippen molar-refractivity contribution in [3.8, 4) is 0 Å². The highest BCUT2D eigenvalue weighted by molar-refractivity contribution is 6.60. The molecule has 82 valence electrons. The molecule has 0 unspecified atom stereocenters. The second-order valence-electron chi connectivity index (χ2n) is 2.70. The number of hydrogen-bond acceptors (Lipinski definition) is 4. The summed E-state index contributed by atoms with van der Waals surface area (Å²) in [5, 5.41) is 17.9. The first-order valence-electron chi connectivity index (χ1n) is 4.16. The summed E-state index contributed by atoms with van der Waals surface area (Å²) in [6.07, 6.45) is 0. The molecule has 1 rings (SSSR count). The van der Waals surface area contributed by atoms with Gasteiger partial charge in [0.1, 0.15) is 12.4 Å². The number of aliphatic hydroxyl groups excluding tert-OH is 1. The zero-order valence-corrected chi connectivity index (χ0v) is 8.45. The van der Waals surface area contributed by atoms with Crippen molar-refractivity contribution in [3.63, 3.8) is 0 Å². The van der Waals surface area contributed by atoms with Crippen LogP contribution in [0.2, 0.25) is 5.02 Å². The van der Waals surface area contributed by atoms with E-state index in [4.69, 9.17) is 16.7 Å². The predicted molar refractivity (Wildman–Crippen MR) is 53.1 cm³/mol. The molecule has 2 N–H and O–H groups in total. The lowest BCUT2D eigenvalue weighted by Crippen LogP contribution is -2.34. The van der Waals surface area contributed by atoms with Gasteiger partial charge < -0.3 is 10.1 Å². The lowest BCUT2D eigenvalue weighted by Gasteiger charge is -2.07. The number of halogens is 2. The van der Waals surface area contributed by atoms with Crippen molar-refractivity contribution >= 4 is 24.2 Å². The molecule has 0 aromatic heterocycles. The average molecular weight is 234 g/mol. The Kier molecular flexibility index (Phi) is 5.00.